The van der Waals surface area contributed by atoms with Gasteiger partial charge in [0.05, 0.1) is 29.0 Å². The van der Waals surface area contributed by atoms with Crippen molar-refractivity contribution in [3.8, 4) is 6.07 Å². The van der Waals surface area contributed by atoms with Crippen molar-refractivity contribution in [2.24, 2.45) is 0 Å². The van der Waals surface area contributed by atoms with E-state index in [4.69, 9.17) is 4.74 Å². The van der Waals surface area contributed by atoms with Crippen LogP contribution < -0.4 is 5.32 Å². The van der Waals surface area contributed by atoms with E-state index in [0.717, 1.165) is 21.5 Å². The molecule has 7 heteroatoms. The fraction of sp³-hybridized carbons (Fsp3) is 0.400. The second kappa shape index (κ2) is 7.47. The van der Waals surface area contributed by atoms with Crippen LogP contribution in [0.3, 0.4) is 0 Å². The highest BCUT2D eigenvalue weighted by Gasteiger charge is 2.30. The molecule has 1 aromatic heterocycles. The van der Waals surface area contributed by atoms with Crippen LogP contribution in [0, 0.1) is 18.3 Å². The molecule has 0 saturated carbocycles. The molecule has 1 aliphatic rings. The van der Waals surface area contributed by atoms with Gasteiger partial charge in [-0.1, -0.05) is 11.8 Å². The lowest BCUT2D eigenvalue weighted by molar-refractivity contribution is -0.139. The highest BCUT2D eigenvalue weighted by molar-refractivity contribution is 8.03. The first-order valence-corrected chi connectivity index (χ1v) is 8.64. The van der Waals surface area contributed by atoms with Crippen molar-refractivity contribution >= 4 is 35.0 Å². The SMILES string of the molecule is CCOC(=O)CSC1=C(C#N)[C@H](c2ccc(C)s2)CC(=O)N1. The molecule has 2 heterocycles. The third kappa shape index (κ3) is 3.90. The van der Waals surface area contributed by atoms with Gasteiger partial charge in [-0.3, -0.25) is 9.59 Å². The Balaban J connectivity index is 2.24. The van der Waals surface area contributed by atoms with Gasteiger partial charge in [-0.05, 0) is 26.0 Å². The van der Waals surface area contributed by atoms with Crippen LogP contribution in [0.1, 0.15) is 29.0 Å². The van der Waals surface area contributed by atoms with E-state index < -0.39 is 0 Å². The first-order chi connectivity index (χ1) is 10.5. The van der Waals surface area contributed by atoms with Crippen LogP contribution >= 0.6 is 23.1 Å². The van der Waals surface area contributed by atoms with Crippen molar-refractivity contribution in [3.05, 3.63) is 32.5 Å². The molecule has 0 aliphatic carbocycles. The summed E-state index contributed by atoms with van der Waals surface area (Å²) in [7, 11) is 0. The lowest BCUT2D eigenvalue weighted by atomic mass is 9.92. The third-order valence-corrected chi connectivity index (χ3v) is 5.21. The summed E-state index contributed by atoms with van der Waals surface area (Å²) in [5.41, 5.74) is 0.510. The zero-order valence-corrected chi connectivity index (χ0v) is 14.0. The number of ether oxygens (including phenoxy) is 1. The Kier molecular flexibility index (Phi) is 5.63. The van der Waals surface area contributed by atoms with Crippen LogP contribution in [-0.2, 0) is 14.3 Å². The molecular weight excluding hydrogens is 320 g/mol. The van der Waals surface area contributed by atoms with Gasteiger partial charge in [0.15, 0.2) is 0 Å². The standard InChI is InChI=1S/C15H16N2O3S2/c1-3-20-14(19)8-21-15-11(7-16)10(6-13(18)17-15)12-5-4-9(2)22-12/h4-5,10H,3,6,8H2,1-2H3,(H,17,18)/t10-/m1/s1. The number of esters is 1. The molecule has 2 rings (SSSR count). The molecule has 1 aliphatic heterocycles. The average Bonchev–Trinajstić information content (AvgIpc) is 2.91. The molecule has 0 radical (unpaired) electrons. The van der Waals surface area contributed by atoms with Gasteiger partial charge < -0.3 is 10.1 Å². The number of amides is 1. The van der Waals surface area contributed by atoms with Crippen LogP contribution in [0.4, 0.5) is 0 Å². The molecule has 1 amide bonds. The molecule has 0 aromatic carbocycles. The van der Waals surface area contributed by atoms with E-state index in [0.29, 0.717) is 17.2 Å². The molecule has 0 spiro atoms. The predicted octanol–water partition coefficient (Wildman–Crippen LogP) is 2.69. The van der Waals surface area contributed by atoms with Crippen LogP contribution in [0.15, 0.2) is 22.7 Å². The number of thiophene rings is 1. The average molecular weight is 336 g/mol. The van der Waals surface area contributed by atoms with Gasteiger partial charge in [0.1, 0.15) is 0 Å². The largest absolute Gasteiger partial charge is 0.465 e. The summed E-state index contributed by atoms with van der Waals surface area (Å²) in [5.74, 6) is -0.658. The van der Waals surface area contributed by atoms with Crippen molar-refractivity contribution in [2.45, 2.75) is 26.2 Å². The Morgan fingerprint density at radius 3 is 2.95 bits per heavy atom. The van der Waals surface area contributed by atoms with Crippen LogP contribution in [0.25, 0.3) is 0 Å². The Labute approximate surface area is 137 Å². The van der Waals surface area contributed by atoms with Gasteiger partial charge in [0, 0.05) is 22.1 Å². The normalized spacial score (nSPS) is 17.9. The number of allylic oxidation sites excluding steroid dienone is 1. The van der Waals surface area contributed by atoms with E-state index in [1.165, 1.54) is 0 Å². The van der Waals surface area contributed by atoms with Gasteiger partial charge in [0.2, 0.25) is 5.91 Å². The number of hydrogen-bond donors (Lipinski definition) is 1. The molecule has 116 valence electrons. The lowest BCUT2D eigenvalue weighted by Gasteiger charge is -2.23. The predicted molar refractivity (Wildman–Crippen MR) is 86.3 cm³/mol. The van der Waals surface area contributed by atoms with Crippen LogP contribution in [0.2, 0.25) is 0 Å². The number of aryl methyl sites for hydroxylation is 1. The molecule has 1 aromatic rings. The maximum atomic E-state index is 11.9. The molecular formula is C15H16N2O3S2. The summed E-state index contributed by atoms with van der Waals surface area (Å²) >= 11 is 2.73. The first-order valence-electron chi connectivity index (χ1n) is 6.84. The third-order valence-electron chi connectivity index (χ3n) is 3.10. The number of nitrogens with zero attached hydrogens (tertiary/aromatic N) is 1. The highest BCUT2D eigenvalue weighted by atomic mass is 32.2. The second-order valence-corrected chi connectivity index (χ2v) is 7.01. The fourth-order valence-electron chi connectivity index (χ4n) is 2.15. The summed E-state index contributed by atoms with van der Waals surface area (Å²) < 4.78 is 4.87. The van der Waals surface area contributed by atoms with Crippen molar-refractivity contribution in [3.63, 3.8) is 0 Å². The second-order valence-electron chi connectivity index (χ2n) is 4.70. The summed E-state index contributed by atoms with van der Waals surface area (Å²) in [6.07, 6.45) is 0.256. The fourth-order valence-corrected chi connectivity index (χ4v) is 4.01. The van der Waals surface area contributed by atoms with Crippen molar-refractivity contribution in [2.75, 3.05) is 12.4 Å². The zero-order chi connectivity index (χ0) is 16.1. The van der Waals surface area contributed by atoms with Gasteiger partial charge in [-0.15, -0.1) is 11.3 Å². The molecule has 0 fully saturated rings. The zero-order valence-electron chi connectivity index (χ0n) is 12.3. The van der Waals surface area contributed by atoms with Crippen molar-refractivity contribution in [1.29, 1.82) is 5.26 Å². The number of nitrogens with one attached hydrogen (secondary N) is 1. The van der Waals surface area contributed by atoms with E-state index in [-0.39, 0.29) is 30.0 Å². The van der Waals surface area contributed by atoms with E-state index in [2.05, 4.69) is 11.4 Å². The molecule has 1 atom stereocenters. The van der Waals surface area contributed by atoms with E-state index in [9.17, 15) is 14.9 Å². The van der Waals surface area contributed by atoms with Gasteiger partial charge >= 0.3 is 5.97 Å². The van der Waals surface area contributed by atoms with E-state index in [1.54, 1.807) is 18.3 Å². The van der Waals surface area contributed by atoms with Crippen molar-refractivity contribution in [1.82, 2.24) is 5.32 Å². The lowest BCUT2D eigenvalue weighted by Crippen LogP contribution is -2.31. The molecule has 5 nitrogen and oxygen atoms in total. The number of carbonyl (C=O) groups excluding carboxylic acids is 2. The number of rotatable bonds is 5. The minimum atomic E-state index is -0.361. The molecule has 0 saturated heterocycles. The number of thioether (sulfide) groups is 1. The van der Waals surface area contributed by atoms with E-state index in [1.807, 2.05) is 19.1 Å². The van der Waals surface area contributed by atoms with Crippen LogP contribution in [0.5, 0.6) is 0 Å². The number of nitriles is 1. The Bertz CT molecular complexity index is 658. The maximum Gasteiger partial charge on any atom is 0.316 e. The van der Waals surface area contributed by atoms with Crippen LogP contribution in [-0.4, -0.2) is 24.2 Å². The molecule has 1 N–H and O–H groups in total. The summed E-state index contributed by atoms with van der Waals surface area (Å²) in [4.78, 5) is 25.5. The summed E-state index contributed by atoms with van der Waals surface area (Å²) in [6.45, 7) is 4.04. The highest BCUT2D eigenvalue weighted by Crippen LogP contribution is 2.38. The molecule has 22 heavy (non-hydrogen) atoms. The minimum absolute atomic E-state index is 0.0742. The summed E-state index contributed by atoms with van der Waals surface area (Å²) in [6, 6.07) is 6.12. The Hall–Kier alpha value is -1.78. The van der Waals surface area contributed by atoms with Gasteiger partial charge in [-0.25, -0.2) is 0 Å². The van der Waals surface area contributed by atoms with E-state index >= 15 is 0 Å². The quantitative estimate of drug-likeness (QED) is 0.836. The molecule has 0 unspecified atom stereocenters. The Morgan fingerprint density at radius 2 is 2.36 bits per heavy atom. The topological polar surface area (TPSA) is 79.2 Å². The Morgan fingerprint density at radius 1 is 1.59 bits per heavy atom. The number of hydrogen-bond acceptors (Lipinski definition) is 6. The summed E-state index contributed by atoms with van der Waals surface area (Å²) in [5, 5.41) is 12.6. The van der Waals surface area contributed by atoms with Crippen molar-refractivity contribution < 1.29 is 14.3 Å². The minimum Gasteiger partial charge on any atom is -0.465 e. The smallest absolute Gasteiger partial charge is 0.316 e. The maximum absolute atomic E-state index is 11.9. The van der Waals surface area contributed by atoms with Gasteiger partial charge in [0.25, 0.3) is 0 Å². The first kappa shape index (κ1) is 16.6. The van der Waals surface area contributed by atoms with Gasteiger partial charge in [-0.2, -0.15) is 5.26 Å². The monoisotopic (exact) mass is 336 g/mol. The molecule has 0 bridgehead atoms. The number of carbonyl (C=O) groups is 2.